The first-order valence-corrected chi connectivity index (χ1v) is 5.09. The van der Waals surface area contributed by atoms with E-state index in [1.165, 1.54) is 6.07 Å². The van der Waals surface area contributed by atoms with E-state index in [9.17, 15) is 18.0 Å². The van der Waals surface area contributed by atoms with Crippen LogP contribution in [-0.2, 0) is 6.18 Å². The number of hydrogen-bond donors (Lipinski definition) is 0. The fourth-order valence-corrected chi connectivity index (χ4v) is 1.77. The molecule has 0 radical (unpaired) electrons. The first-order valence-electron chi connectivity index (χ1n) is 3.92. The third-order valence-corrected chi connectivity index (χ3v) is 2.44. The van der Waals surface area contributed by atoms with Gasteiger partial charge in [0.25, 0.3) is 5.24 Å². The number of ether oxygens (including phenoxy) is 1. The lowest BCUT2D eigenvalue weighted by molar-refractivity contribution is -0.138. The maximum Gasteiger partial charge on any atom is 0.420 e. The highest BCUT2D eigenvalue weighted by molar-refractivity contribution is 9.10. The first kappa shape index (κ1) is 13.3. The molecule has 0 atom stereocenters. The molecular weight excluding hydrogens is 312 g/mol. The standard InChI is InChI=1S/C9H5BrClF3O2/c1-16-7-5(8(11)15)2-4(10)3-6(7)9(12,13)14/h2-3H,1H3. The highest BCUT2D eigenvalue weighted by Gasteiger charge is 2.36. The van der Waals surface area contributed by atoms with E-state index in [1.54, 1.807) is 0 Å². The van der Waals surface area contributed by atoms with E-state index in [2.05, 4.69) is 20.7 Å². The average Bonchev–Trinajstić information content (AvgIpc) is 2.14. The minimum absolute atomic E-state index is 0.102. The van der Waals surface area contributed by atoms with E-state index in [-0.39, 0.29) is 10.0 Å². The molecule has 0 unspecified atom stereocenters. The minimum atomic E-state index is -4.61. The summed E-state index contributed by atoms with van der Waals surface area (Å²) in [7, 11) is 1.04. The van der Waals surface area contributed by atoms with Crippen LogP contribution in [0, 0.1) is 0 Å². The lowest BCUT2D eigenvalue weighted by Gasteiger charge is -2.14. The Morgan fingerprint density at radius 1 is 1.44 bits per heavy atom. The zero-order valence-corrected chi connectivity index (χ0v) is 10.2. The molecule has 88 valence electrons. The summed E-state index contributed by atoms with van der Waals surface area (Å²) in [6.07, 6.45) is -4.61. The summed E-state index contributed by atoms with van der Waals surface area (Å²) < 4.78 is 42.5. The summed E-state index contributed by atoms with van der Waals surface area (Å²) in [5, 5.41) is -1.01. The lowest BCUT2D eigenvalue weighted by Crippen LogP contribution is -2.10. The van der Waals surface area contributed by atoms with Crippen molar-refractivity contribution in [2.45, 2.75) is 6.18 Å². The van der Waals surface area contributed by atoms with Gasteiger partial charge in [0.2, 0.25) is 0 Å². The molecule has 1 rings (SSSR count). The van der Waals surface area contributed by atoms with Crippen molar-refractivity contribution in [3.05, 3.63) is 27.7 Å². The summed E-state index contributed by atoms with van der Waals surface area (Å²) in [5.41, 5.74) is -1.38. The van der Waals surface area contributed by atoms with E-state index >= 15 is 0 Å². The minimum Gasteiger partial charge on any atom is -0.495 e. The van der Waals surface area contributed by atoms with Crippen LogP contribution in [0.15, 0.2) is 16.6 Å². The Balaban J connectivity index is 3.55. The lowest BCUT2D eigenvalue weighted by atomic mass is 10.1. The number of alkyl halides is 3. The van der Waals surface area contributed by atoms with Gasteiger partial charge in [-0.15, -0.1) is 0 Å². The average molecular weight is 317 g/mol. The Bertz CT molecular complexity index is 431. The van der Waals surface area contributed by atoms with Crippen LogP contribution >= 0.6 is 27.5 Å². The summed E-state index contributed by atoms with van der Waals surface area (Å²) in [4.78, 5) is 11.0. The zero-order chi connectivity index (χ0) is 12.5. The summed E-state index contributed by atoms with van der Waals surface area (Å²) in [6.45, 7) is 0. The molecule has 0 spiro atoms. The van der Waals surface area contributed by atoms with Gasteiger partial charge in [0.15, 0.2) is 0 Å². The number of halogens is 5. The molecule has 1 aromatic carbocycles. The SMILES string of the molecule is COc1c(C(=O)Cl)cc(Br)cc1C(F)(F)F. The molecule has 0 saturated heterocycles. The van der Waals surface area contributed by atoms with Crippen LogP contribution < -0.4 is 4.74 Å². The Morgan fingerprint density at radius 2 is 2.00 bits per heavy atom. The van der Waals surface area contributed by atoms with Crippen LogP contribution in [0.25, 0.3) is 0 Å². The van der Waals surface area contributed by atoms with Crippen molar-refractivity contribution in [1.29, 1.82) is 0 Å². The largest absolute Gasteiger partial charge is 0.495 e. The second-order valence-electron chi connectivity index (χ2n) is 2.81. The van der Waals surface area contributed by atoms with Gasteiger partial charge in [-0.3, -0.25) is 4.79 Å². The van der Waals surface area contributed by atoms with Crippen LogP contribution in [0.3, 0.4) is 0 Å². The summed E-state index contributed by atoms with van der Waals surface area (Å²) in [5.74, 6) is -0.573. The van der Waals surface area contributed by atoms with Crippen molar-refractivity contribution in [3.63, 3.8) is 0 Å². The van der Waals surface area contributed by atoms with Crippen molar-refractivity contribution < 1.29 is 22.7 Å². The molecule has 2 nitrogen and oxygen atoms in total. The van der Waals surface area contributed by atoms with Gasteiger partial charge < -0.3 is 4.74 Å². The Labute approximate surface area is 102 Å². The molecule has 1 aromatic rings. The van der Waals surface area contributed by atoms with Gasteiger partial charge in [0, 0.05) is 4.47 Å². The van der Waals surface area contributed by atoms with Crippen molar-refractivity contribution >= 4 is 32.8 Å². The van der Waals surface area contributed by atoms with Crippen molar-refractivity contribution in [3.8, 4) is 5.75 Å². The molecule has 16 heavy (non-hydrogen) atoms. The summed E-state index contributed by atoms with van der Waals surface area (Å²) in [6, 6.07) is 1.99. The molecule has 0 aliphatic rings. The van der Waals surface area contributed by atoms with E-state index in [4.69, 9.17) is 11.6 Å². The van der Waals surface area contributed by atoms with E-state index < -0.39 is 22.7 Å². The molecule has 0 fully saturated rings. The molecule has 0 N–H and O–H groups in total. The molecule has 0 heterocycles. The highest BCUT2D eigenvalue weighted by Crippen LogP contribution is 2.40. The molecule has 0 bridgehead atoms. The van der Waals surface area contributed by atoms with Gasteiger partial charge in [-0.05, 0) is 23.7 Å². The van der Waals surface area contributed by atoms with Crippen LogP contribution in [0.2, 0.25) is 0 Å². The molecular formula is C9H5BrClF3O2. The number of carbonyl (C=O) groups is 1. The molecule has 0 aliphatic carbocycles. The second kappa shape index (κ2) is 4.63. The van der Waals surface area contributed by atoms with Crippen LogP contribution in [0.5, 0.6) is 5.75 Å². The van der Waals surface area contributed by atoms with Crippen molar-refractivity contribution in [2.24, 2.45) is 0 Å². The molecule has 0 saturated carbocycles. The van der Waals surface area contributed by atoms with Gasteiger partial charge in [-0.2, -0.15) is 13.2 Å². The second-order valence-corrected chi connectivity index (χ2v) is 4.06. The Kier molecular flexibility index (Phi) is 3.85. The number of rotatable bonds is 2. The van der Waals surface area contributed by atoms with E-state index in [0.29, 0.717) is 0 Å². The van der Waals surface area contributed by atoms with E-state index in [0.717, 1.165) is 13.2 Å². The van der Waals surface area contributed by atoms with Gasteiger partial charge >= 0.3 is 6.18 Å². The maximum absolute atomic E-state index is 12.6. The highest BCUT2D eigenvalue weighted by atomic mass is 79.9. The predicted molar refractivity (Wildman–Crippen MR) is 55.9 cm³/mol. The number of carbonyl (C=O) groups excluding carboxylic acids is 1. The topological polar surface area (TPSA) is 26.3 Å². The quantitative estimate of drug-likeness (QED) is 0.774. The van der Waals surface area contributed by atoms with Crippen LogP contribution in [-0.4, -0.2) is 12.4 Å². The summed E-state index contributed by atoms with van der Waals surface area (Å²) >= 11 is 8.04. The first-order chi connectivity index (χ1) is 7.27. The molecule has 0 aromatic heterocycles. The fourth-order valence-electron chi connectivity index (χ4n) is 1.17. The van der Waals surface area contributed by atoms with E-state index in [1.807, 2.05) is 0 Å². The maximum atomic E-state index is 12.6. The normalized spacial score (nSPS) is 11.4. The Hall–Kier alpha value is -0.750. The van der Waals surface area contributed by atoms with Gasteiger partial charge in [-0.1, -0.05) is 15.9 Å². The van der Waals surface area contributed by atoms with Crippen LogP contribution in [0.4, 0.5) is 13.2 Å². The third-order valence-electron chi connectivity index (χ3n) is 1.77. The van der Waals surface area contributed by atoms with Crippen molar-refractivity contribution in [1.82, 2.24) is 0 Å². The van der Waals surface area contributed by atoms with Crippen molar-refractivity contribution in [2.75, 3.05) is 7.11 Å². The predicted octanol–water partition coefficient (Wildman–Crippen LogP) is 3.86. The molecule has 0 aliphatic heterocycles. The number of hydrogen-bond acceptors (Lipinski definition) is 2. The molecule has 7 heteroatoms. The smallest absolute Gasteiger partial charge is 0.420 e. The zero-order valence-electron chi connectivity index (χ0n) is 7.86. The number of benzene rings is 1. The van der Waals surface area contributed by atoms with Crippen LogP contribution in [0.1, 0.15) is 15.9 Å². The number of methoxy groups -OCH3 is 1. The molecule has 0 amide bonds. The third kappa shape index (κ3) is 2.68. The Morgan fingerprint density at radius 3 is 2.38 bits per heavy atom. The van der Waals surface area contributed by atoms with Gasteiger partial charge in [0.05, 0.1) is 18.2 Å². The van der Waals surface area contributed by atoms with Gasteiger partial charge in [0.1, 0.15) is 5.75 Å². The van der Waals surface area contributed by atoms with Gasteiger partial charge in [-0.25, -0.2) is 0 Å². The fraction of sp³-hybridized carbons (Fsp3) is 0.222. The monoisotopic (exact) mass is 316 g/mol.